The maximum Gasteiger partial charge on any atom is 0.411 e. The van der Waals surface area contributed by atoms with Gasteiger partial charge in [0.2, 0.25) is 0 Å². The number of fused-ring (bicyclic) bond motifs is 2. The van der Waals surface area contributed by atoms with Gasteiger partial charge in [-0.1, -0.05) is 18.2 Å². The molecule has 0 aliphatic carbocycles. The number of carbonyl (C=O) groups is 1. The lowest BCUT2D eigenvalue weighted by Crippen LogP contribution is -2.53. The van der Waals surface area contributed by atoms with E-state index in [0.717, 1.165) is 31.2 Å². The molecule has 2 atom stereocenters. The molecule has 0 radical (unpaired) electrons. The van der Waals surface area contributed by atoms with Crippen molar-refractivity contribution < 1.29 is 9.53 Å². The molecule has 126 valence electrons. The predicted molar refractivity (Wildman–Crippen MR) is 93.3 cm³/mol. The Hall–Kier alpha value is -2.28. The van der Waals surface area contributed by atoms with E-state index in [1.807, 2.05) is 49.9 Å². The van der Waals surface area contributed by atoms with Crippen LogP contribution in [-0.4, -0.2) is 28.7 Å². The Labute approximate surface area is 143 Å². The summed E-state index contributed by atoms with van der Waals surface area (Å²) < 4.78 is 5.61. The van der Waals surface area contributed by atoms with Crippen LogP contribution in [0.2, 0.25) is 0 Å². The monoisotopic (exact) mass is 324 g/mol. The fraction of sp³-hybridized carbons (Fsp3) is 0.500. The molecular formula is C20H24N2O2. The van der Waals surface area contributed by atoms with Crippen molar-refractivity contribution in [2.75, 3.05) is 0 Å². The van der Waals surface area contributed by atoms with Crippen molar-refractivity contribution in [3.8, 4) is 6.07 Å². The van der Waals surface area contributed by atoms with Gasteiger partial charge >= 0.3 is 6.09 Å². The van der Waals surface area contributed by atoms with E-state index in [4.69, 9.17) is 10.00 Å². The quantitative estimate of drug-likeness (QED) is 0.764. The lowest BCUT2D eigenvalue weighted by Gasteiger charge is -2.45. The van der Waals surface area contributed by atoms with E-state index in [2.05, 4.69) is 12.1 Å². The molecule has 4 nitrogen and oxygen atoms in total. The average molecular weight is 324 g/mol. The number of carbonyl (C=O) groups excluding carboxylic acids is 1. The number of piperidine rings is 1. The molecule has 4 heteroatoms. The summed E-state index contributed by atoms with van der Waals surface area (Å²) in [6, 6.07) is 10.2. The number of ether oxygens (including phenoxy) is 1. The van der Waals surface area contributed by atoms with E-state index in [-0.39, 0.29) is 18.2 Å². The highest BCUT2D eigenvalue weighted by atomic mass is 16.6. The maximum atomic E-state index is 12.6. The molecule has 2 heterocycles. The topological polar surface area (TPSA) is 53.3 Å². The second kappa shape index (κ2) is 6.32. The molecule has 2 aliphatic rings. The molecule has 2 unspecified atom stereocenters. The van der Waals surface area contributed by atoms with Crippen LogP contribution in [-0.2, 0) is 4.74 Å². The van der Waals surface area contributed by atoms with Crippen molar-refractivity contribution in [2.45, 2.75) is 64.1 Å². The minimum absolute atomic E-state index is 0.109. The Morgan fingerprint density at radius 3 is 2.54 bits per heavy atom. The van der Waals surface area contributed by atoms with Gasteiger partial charge in [-0.3, -0.25) is 4.90 Å². The second-order valence-corrected chi connectivity index (χ2v) is 7.62. The summed E-state index contributed by atoms with van der Waals surface area (Å²) in [5.41, 5.74) is 2.62. The van der Waals surface area contributed by atoms with Crippen LogP contribution in [0, 0.1) is 11.3 Å². The van der Waals surface area contributed by atoms with Crippen molar-refractivity contribution in [2.24, 2.45) is 0 Å². The third-order valence-electron chi connectivity index (χ3n) is 4.63. The molecule has 0 N–H and O–H groups in total. The summed E-state index contributed by atoms with van der Waals surface area (Å²) in [7, 11) is 0. The third-order valence-corrected chi connectivity index (χ3v) is 4.63. The molecule has 3 rings (SSSR count). The van der Waals surface area contributed by atoms with Gasteiger partial charge in [-0.15, -0.1) is 0 Å². The first-order valence-corrected chi connectivity index (χ1v) is 8.60. The zero-order valence-corrected chi connectivity index (χ0v) is 14.6. The molecular weight excluding hydrogens is 300 g/mol. The Bertz CT molecular complexity index is 692. The molecule has 2 aliphatic heterocycles. The van der Waals surface area contributed by atoms with E-state index < -0.39 is 5.60 Å². The number of benzene rings is 1. The summed E-state index contributed by atoms with van der Waals surface area (Å²) in [5, 5.41) is 8.94. The van der Waals surface area contributed by atoms with Crippen molar-refractivity contribution in [3.05, 3.63) is 41.5 Å². The third kappa shape index (κ3) is 3.46. The molecule has 1 saturated heterocycles. The number of amides is 1. The Kier molecular flexibility index (Phi) is 4.36. The fourth-order valence-corrected chi connectivity index (χ4v) is 3.60. The normalized spacial score (nSPS) is 23.2. The van der Waals surface area contributed by atoms with Crippen LogP contribution in [0.5, 0.6) is 0 Å². The van der Waals surface area contributed by atoms with Crippen molar-refractivity contribution in [1.82, 2.24) is 4.90 Å². The number of nitrogens with zero attached hydrogens (tertiary/aromatic N) is 2. The SMILES string of the molecule is CC(C)(C)OC(=O)N1C2C=C(c3ccc(C#N)cc3)CC1CCC2. The lowest BCUT2D eigenvalue weighted by atomic mass is 9.83. The van der Waals surface area contributed by atoms with Crippen molar-refractivity contribution in [3.63, 3.8) is 0 Å². The molecule has 24 heavy (non-hydrogen) atoms. The zero-order chi connectivity index (χ0) is 17.3. The van der Waals surface area contributed by atoms with Gasteiger partial charge in [0.15, 0.2) is 0 Å². The summed E-state index contributed by atoms with van der Waals surface area (Å²) in [4.78, 5) is 14.5. The van der Waals surface area contributed by atoms with Crippen LogP contribution in [0.1, 0.15) is 57.6 Å². The average Bonchev–Trinajstić information content (AvgIpc) is 2.52. The van der Waals surface area contributed by atoms with Crippen LogP contribution >= 0.6 is 0 Å². The fourth-order valence-electron chi connectivity index (χ4n) is 3.60. The highest BCUT2D eigenvalue weighted by Gasteiger charge is 2.39. The lowest BCUT2D eigenvalue weighted by molar-refractivity contribution is 0.0000860. The van der Waals surface area contributed by atoms with Gasteiger partial charge in [-0.25, -0.2) is 4.79 Å². The molecule has 2 bridgehead atoms. The van der Waals surface area contributed by atoms with Crippen molar-refractivity contribution in [1.29, 1.82) is 5.26 Å². The summed E-state index contributed by atoms with van der Waals surface area (Å²) >= 11 is 0. The molecule has 0 spiro atoms. The first-order valence-electron chi connectivity index (χ1n) is 8.60. The van der Waals surface area contributed by atoms with Crippen LogP contribution in [0.15, 0.2) is 30.3 Å². The zero-order valence-electron chi connectivity index (χ0n) is 14.6. The Morgan fingerprint density at radius 1 is 1.25 bits per heavy atom. The predicted octanol–water partition coefficient (Wildman–Crippen LogP) is 4.50. The van der Waals surface area contributed by atoms with Gasteiger partial charge in [0.1, 0.15) is 5.60 Å². The summed E-state index contributed by atoms with van der Waals surface area (Å²) in [5.74, 6) is 0. The first-order chi connectivity index (χ1) is 11.4. The highest BCUT2D eigenvalue weighted by molar-refractivity contribution is 5.75. The molecule has 1 fully saturated rings. The number of hydrogen-bond donors (Lipinski definition) is 0. The van der Waals surface area contributed by atoms with Gasteiger partial charge in [0.25, 0.3) is 0 Å². The van der Waals surface area contributed by atoms with Crippen molar-refractivity contribution >= 4 is 11.7 Å². The minimum Gasteiger partial charge on any atom is -0.444 e. The summed E-state index contributed by atoms with van der Waals surface area (Å²) in [6.07, 6.45) is 6.00. The maximum absolute atomic E-state index is 12.6. The van der Waals surface area contributed by atoms with Crippen LogP contribution in [0.4, 0.5) is 4.79 Å². The molecule has 1 aromatic rings. The van der Waals surface area contributed by atoms with Gasteiger partial charge in [-0.05, 0) is 69.7 Å². The Balaban J connectivity index is 1.84. The van der Waals surface area contributed by atoms with E-state index in [1.165, 1.54) is 5.57 Å². The minimum atomic E-state index is -0.470. The molecule has 1 aromatic carbocycles. The van der Waals surface area contributed by atoms with E-state index >= 15 is 0 Å². The van der Waals surface area contributed by atoms with E-state index in [1.54, 1.807) is 0 Å². The number of hydrogen-bond acceptors (Lipinski definition) is 3. The highest BCUT2D eigenvalue weighted by Crippen LogP contribution is 2.37. The van der Waals surface area contributed by atoms with E-state index in [9.17, 15) is 4.79 Å². The number of rotatable bonds is 1. The standard InChI is InChI=1S/C20H24N2O2/c1-20(2,3)24-19(23)22-17-5-4-6-18(22)12-16(11-17)15-9-7-14(13-21)8-10-15/h7-11,17-18H,4-6,12H2,1-3H3. The van der Waals surface area contributed by atoms with Gasteiger partial charge in [0.05, 0.1) is 17.7 Å². The van der Waals surface area contributed by atoms with E-state index in [0.29, 0.717) is 5.56 Å². The van der Waals surface area contributed by atoms with Gasteiger partial charge < -0.3 is 4.74 Å². The molecule has 0 saturated carbocycles. The summed E-state index contributed by atoms with van der Waals surface area (Å²) in [6.45, 7) is 5.72. The van der Waals surface area contributed by atoms with Crippen LogP contribution in [0.3, 0.4) is 0 Å². The van der Waals surface area contributed by atoms with Crippen LogP contribution in [0.25, 0.3) is 5.57 Å². The molecule has 0 aromatic heterocycles. The van der Waals surface area contributed by atoms with Crippen LogP contribution < -0.4 is 0 Å². The van der Waals surface area contributed by atoms with Gasteiger partial charge in [0, 0.05) is 6.04 Å². The molecule has 1 amide bonds. The second-order valence-electron chi connectivity index (χ2n) is 7.62. The smallest absolute Gasteiger partial charge is 0.411 e. The number of nitriles is 1. The first kappa shape index (κ1) is 16.6. The van der Waals surface area contributed by atoms with Gasteiger partial charge in [-0.2, -0.15) is 5.26 Å². The Morgan fingerprint density at radius 2 is 1.96 bits per heavy atom. The largest absolute Gasteiger partial charge is 0.444 e.